The van der Waals surface area contributed by atoms with Crippen LogP contribution < -0.4 is 14.8 Å². The van der Waals surface area contributed by atoms with Gasteiger partial charge in [-0.3, -0.25) is 4.79 Å². The van der Waals surface area contributed by atoms with Gasteiger partial charge in [-0.1, -0.05) is 0 Å². The van der Waals surface area contributed by atoms with E-state index in [0.717, 1.165) is 0 Å². The number of benzene rings is 1. The Labute approximate surface area is 124 Å². The minimum absolute atomic E-state index is 0.0729. The smallest absolute Gasteiger partial charge is 0.337 e. The first-order valence-corrected chi connectivity index (χ1v) is 6.84. The molecule has 0 aliphatic rings. The largest absolute Gasteiger partial charge is 0.493 e. The van der Waals surface area contributed by atoms with Crippen LogP contribution in [0.4, 0.5) is 5.69 Å². The number of carboxylic acids is 1. The molecule has 110 valence electrons. The molecule has 7 heteroatoms. The fourth-order valence-corrected chi connectivity index (χ4v) is 2.38. The molecule has 0 radical (unpaired) electrons. The molecule has 2 rings (SSSR count). The number of carbonyl (C=O) groups excluding carboxylic acids is 1. The van der Waals surface area contributed by atoms with Crippen molar-refractivity contribution in [2.45, 2.75) is 0 Å². The minimum atomic E-state index is -1.17. The van der Waals surface area contributed by atoms with Crippen molar-refractivity contribution in [2.24, 2.45) is 0 Å². The van der Waals surface area contributed by atoms with Crippen LogP contribution in [-0.4, -0.2) is 31.2 Å². The molecule has 1 amide bonds. The third kappa shape index (κ3) is 3.14. The lowest BCUT2D eigenvalue weighted by molar-refractivity contribution is 0.0697. The van der Waals surface area contributed by atoms with Crippen LogP contribution >= 0.6 is 11.3 Å². The molecule has 0 spiro atoms. The van der Waals surface area contributed by atoms with E-state index in [4.69, 9.17) is 9.47 Å². The van der Waals surface area contributed by atoms with Gasteiger partial charge in [-0.15, -0.1) is 0 Å². The molecule has 2 aromatic rings. The van der Waals surface area contributed by atoms with E-state index in [1.54, 1.807) is 16.8 Å². The second-order valence-corrected chi connectivity index (χ2v) is 4.80. The molecule has 0 fully saturated rings. The summed E-state index contributed by atoms with van der Waals surface area (Å²) in [6.07, 6.45) is 0. The first-order chi connectivity index (χ1) is 10.1. The first-order valence-electron chi connectivity index (χ1n) is 5.89. The van der Waals surface area contributed by atoms with Crippen LogP contribution in [0.25, 0.3) is 0 Å². The summed E-state index contributed by atoms with van der Waals surface area (Å²) in [5, 5.41) is 15.3. The number of nitrogens with one attached hydrogen (secondary N) is 1. The Hall–Kier alpha value is -2.54. The molecular formula is C14H13NO5S. The fourth-order valence-electron chi connectivity index (χ4n) is 1.75. The van der Waals surface area contributed by atoms with E-state index in [1.807, 2.05) is 0 Å². The normalized spacial score (nSPS) is 10.0. The van der Waals surface area contributed by atoms with Crippen LogP contribution in [0.5, 0.6) is 11.5 Å². The maximum Gasteiger partial charge on any atom is 0.337 e. The summed E-state index contributed by atoms with van der Waals surface area (Å²) in [5.41, 5.74) is 0.540. The summed E-state index contributed by atoms with van der Waals surface area (Å²) in [5.74, 6) is -0.936. The predicted octanol–water partition coefficient (Wildman–Crippen LogP) is 2.72. The quantitative estimate of drug-likeness (QED) is 0.887. The maximum atomic E-state index is 12.0. The fraction of sp³-hybridized carbons (Fsp3) is 0.143. The molecular weight excluding hydrogens is 294 g/mol. The van der Waals surface area contributed by atoms with Gasteiger partial charge in [0.1, 0.15) is 0 Å². The Balaban J connectivity index is 2.41. The Morgan fingerprint density at radius 3 is 2.38 bits per heavy atom. The molecule has 6 nitrogen and oxygen atoms in total. The number of methoxy groups -OCH3 is 2. The van der Waals surface area contributed by atoms with Crippen LogP contribution in [0.1, 0.15) is 20.7 Å². The number of hydrogen-bond donors (Lipinski definition) is 2. The summed E-state index contributed by atoms with van der Waals surface area (Å²) in [6, 6.07) is 4.39. The topological polar surface area (TPSA) is 84.9 Å². The van der Waals surface area contributed by atoms with Crippen molar-refractivity contribution in [3.63, 3.8) is 0 Å². The summed E-state index contributed by atoms with van der Waals surface area (Å²) < 4.78 is 10.2. The molecule has 0 unspecified atom stereocenters. The van der Waals surface area contributed by atoms with E-state index < -0.39 is 5.97 Å². The zero-order chi connectivity index (χ0) is 15.4. The Morgan fingerprint density at radius 1 is 1.19 bits per heavy atom. The van der Waals surface area contributed by atoms with Crippen LogP contribution in [0, 0.1) is 0 Å². The van der Waals surface area contributed by atoms with Gasteiger partial charge in [0.2, 0.25) is 0 Å². The Bertz CT molecular complexity index is 666. The molecule has 0 saturated carbocycles. The minimum Gasteiger partial charge on any atom is -0.493 e. The van der Waals surface area contributed by atoms with Gasteiger partial charge >= 0.3 is 5.97 Å². The molecule has 2 N–H and O–H groups in total. The van der Waals surface area contributed by atoms with E-state index in [9.17, 15) is 14.7 Å². The highest BCUT2D eigenvalue weighted by Gasteiger charge is 2.18. The maximum absolute atomic E-state index is 12.0. The summed E-state index contributed by atoms with van der Waals surface area (Å²) in [4.78, 5) is 23.3. The average molecular weight is 307 g/mol. The average Bonchev–Trinajstić information content (AvgIpc) is 3.00. The number of thiophene rings is 1. The van der Waals surface area contributed by atoms with Crippen LogP contribution in [-0.2, 0) is 0 Å². The van der Waals surface area contributed by atoms with Crippen LogP contribution in [0.15, 0.2) is 29.0 Å². The molecule has 0 aliphatic heterocycles. The van der Waals surface area contributed by atoms with Crippen molar-refractivity contribution >= 4 is 28.9 Å². The van der Waals surface area contributed by atoms with Crippen molar-refractivity contribution in [3.05, 3.63) is 40.1 Å². The second-order valence-electron chi connectivity index (χ2n) is 4.02. The molecule has 0 atom stereocenters. The number of carbonyl (C=O) groups is 2. The van der Waals surface area contributed by atoms with Crippen molar-refractivity contribution in [2.75, 3.05) is 19.5 Å². The number of hydrogen-bond acceptors (Lipinski definition) is 5. The molecule has 1 heterocycles. The second kappa shape index (κ2) is 6.27. The lowest BCUT2D eigenvalue weighted by Gasteiger charge is -2.13. The van der Waals surface area contributed by atoms with Gasteiger partial charge in [-0.05, 0) is 11.4 Å². The third-order valence-corrected chi connectivity index (χ3v) is 3.47. The lowest BCUT2D eigenvalue weighted by atomic mass is 10.1. The van der Waals surface area contributed by atoms with Crippen molar-refractivity contribution in [1.29, 1.82) is 0 Å². The van der Waals surface area contributed by atoms with Gasteiger partial charge in [0.05, 0.1) is 31.0 Å². The number of anilines is 1. The van der Waals surface area contributed by atoms with Gasteiger partial charge in [0, 0.05) is 17.5 Å². The molecule has 1 aromatic carbocycles. The highest BCUT2D eigenvalue weighted by molar-refractivity contribution is 7.08. The first kappa shape index (κ1) is 14.9. The van der Waals surface area contributed by atoms with Crippen molar-refractivity contribution in [3.8, 4) is 11.5 Å². The number of ether oxygens (including phenoxy) is 2. The van der Waals surface area contributed by atoms with Gasteiger partial charge in [-0.25, -0.2) is 4.79 Å². The molecule has 1 aromatic heterocycles. The van der Waals surface area contributed by atoms with E-state index in [-0.39, 0.29) is 22.9 Å². The molecule has 0 saturated heterocycles. The highest BCUT2D eigenvalue weighted by Crippen LogP contribution is 2.33. The summed E-state index contributed by atoms with van der Waals surface area (Å²) in [6.45, 7) is 0. The molecule has 0 aliphatic carbocycles. The predicted molar refractivity (Wildman–Crippen MR) is 78.8 cm³/mol. The molecule has 21 heavy (non-hydrogen) atoms. The van der Waals surface area contributed by atoms with Gasteiger partial charge < -0.3 is 19.9 Å². The monoisotopic (exact) mass is 307 g/mol. The lowest BCUT2D eigenvalue weighted by Crippen LogP contribution is -2.14. The standard InChI is InChI=1S/C14H13NO5S/c1-19-11-5-9(14(17)18)10(6-12(11)20-2)15-13(16)8-3-4-21-7-8/h3-7H,1-2H3,(H,15,16)(H,17,18). The number of rotatable bonds is 5. The molecule has 0 bridgehead atoms. The summed E-state index contributed by atoms with van der Waals surface area (Å²) >= 11 is 1.38. The SMILES string of the molecule is COc1cc(NC(=O)c2ccsc2)c(C(=O)O)cc1OC. The number of carboxylic acid groups (broad SMARTS) is 1. The van der Waals surface area contributed by atoms with Gasteiger partial charge in [-0.2, -0.15) is 11.3 Å². The third-order valence-electron chi connectivity index (χ3n) is 2.79. The van der Waals surface area contributed by atoms with E-state index >= 15 is 0 Å². The van der Waals surface area contributed by atoms with Crippen molar-refractivity contribution in [1.82, 2.24) is 0 Å². The van der Waals surface area contributed by atoms with Crippen molar-refractivity contribution < 1.29 is 24.2 Å². The highest BCUT2D eigenvalue weighted by atomic mass is 32.1. The Morgan fingerprint density at radius 2 is 1.86 bits per heavy atom. The summed E-state index contributed by atoms with van der Waals surface area (Å²) in [7, 11) is 2.84. The Kier molecular flexibility index (Phi) is 4.44. The van der Waals surface area contributed by atoms with Gasteiger partial charge in [0.25, 0.3) is 5.91 Å². The zero-order valence-electron chi connectivity index (χ0n) is 11.4. The van der Waals surface area contributed by atoms with Crippen LogP contribution in [0.3, 0.4) is 0 Å². The van der Waals surface area contributed by atoms with E-state index in [1.165, 1.54) is 37.7 Å². The number of aromatic carboxylic acids is 1. The zero-order valence-corrected chi connectivity index (χ0v) is 12.2. The number of amides is 1. The van der Waals surface area contributed by atoms with E-state index in [0.29, 0.717) is 11.3 Å². The van der Waals surface area contributed by atoms with Crippen LogP contribution in [0.2, 0.25) is 0 Å². The van der Waals surface area contributed by atoms with Gasteiger partial charge in [0.15, 0.2) is 11.5 Å². The van der Waals surface area contributed by atoms with E-state index in [2.05, 4.69) is 5.32 Å².